The summed E-state index contributed by atoms with van der Waals surface area (Å²) in [6.07, 6.45) is 3.13. The molecule has 1 aromatic heterocycles. The second-order valence-corrected chi connectivity index (χ2v) is 3.28. The molecule has 0 aliphatic rings. The first-order chi connectivity index (χ1) is 7.25. The zero-order valence-electron chi connectivity index (χ0n) is 8.50. The van der Waals surface area contributed by atoms with Crippen LogP contribution in [0.1, 0.15) is 6.92 Å². The van der Waals surface area contributed by atoms with Crippen LogP contribution in [0.2, 0.25) is 0 Å². The van der Waals surface area contributed by atoms with Crippen molar-refractivity contribution in [1.29, 1.82) is 0 Å². The van der Waals surface area contributed by atoms with E-state index in [1.54, 1.807) is 24.0 Å². The fraction of sp³-hybridized carbons (Fsp3) is 0.182. The summed E-state index contributed by atoms with van der Waals surface area (Å²) in [4.78, 5) is 0. The zero-order valence-corrected chi connectivity index (χ0v) is 8.50. The van der Waals surface area contributed by atoms with E-state index in [9.17, 15) is 0 Å². The first kappa shape index (κ1) is 9.73. The number of benzene rings is 1. The molecule has 0 radical (unpaired) electrons. The molecule has 0 saturated carbocycles. The first-order valence-corrected chi connectivity index (χ1v) is 4.78. The van der Waals surface area contributed by atoms with Crippen molar-refractivity contribution >= 4 is 0 Å². The van der Waals surface area contributed by atoms with Gasteiger partial charge in [-0.05, 0) is 19.1 Å². The van der Waals surface area contributed by atoms with Gasteiger partial charge in [-0.1, -0.05) is 18.2 Å². The minimum Gasteiger partial charge on any atom is -0.473 e. The van der Waals surface area contributed by atoms with Gasteiger partial charge in [-0.2, -0.15) is 5.10 Å². The van der Waals surface area contributed by atoms with E-state index in [-0.39, 0.29) is 6.23 Å². The van der Waals surface area contributed by atoms with Gasteiger partial charge in [0, 0.05) is 0 Å². The monoisotopic (exact) mass is 203 g/mol. The van der Waals surface area contributed by atoms with Gasteiger partial charge in [0.05, 0.1) is 18.1 Å². The number of hydrogen-bond donors (Lipinski definition) is 1. The third-order valence-electron chi connectivity index (χ3n) is 1.90. The van der Waals surface area contributed by atoms with Crippen LogP contribution >= 0.6 is 0 Å². The van der Waals surface area contributed by atoms with Crippen LogP contribution in [0, 0.1) is 0 Å². The number of ether oxygens (including phenoxy) is 1. The van der Waals surface area contributed by atoms with Crippen molar-refractivity contribution < 1.29 is 4.74 Å². The SMILES string of the molecule is CC(N)Oc1cnn(-c2ccccc2)c1. The molecule has 1 heterocycles. The van der Waals surface area contributed by atoms with Gasteiger partial charge in [0.1, 0.15) is 6.23 Å². The lowest BCUT2D eigenvalue weighted by Gasteiger charge is -2.05. The molecule has 4 nitrogen and oxygen atoms in total. The molecule has 1 atom stereocenters. The number of aromatic nitrogens is 2. The molecule has 0 bridgehead atoms. The Balaban J connectivity index is 2.21. The van der Waals surface area contributed by atoms with E-state index in [0.29, 0.717) is 5.75 Å². The highest BCUT2D eigenvalue weighted by molar-refractivity contribution is 5.32. The lowest BCUT2D eigenvalue weighted by atomic mass is 10.3. The molecule has 0 saturated heterocycles. The van der Waals surface area contributed by atoms with Crippen LogP contribution in [-0.2, 0) is 0 Å². The quantitative estimate of drug-likeness (QED) is 0.770. The van der Waals surface area contributed by atoms with Crippen molar-refractivity contribution in [2.75, 3.05) is 0 Å². The zero-order chi connectivity index (χ0) is 10.7. The van der Waals surface area contributed by atoms with Crippen LogP contribution in [0.15, 0.2) is 42.7 Å². The highest BCUT2D eigenvalue weighted by Crippen LogP contribution is 2.13. The molecular formula is C11H13N3O. The first-order valence-electron chi connectivity index (χ1n) is 4.78. The lowest BCUT2D eigenvalue weighted by Crippen LogP contribution is -2.22. The summed E-state index contributed by atoms with van der Waals surface area (Å²) in [5, 5.41) is 4.18. The van der Waals surface area contributed by atoms with Gasteiger partial charge in [0.25, 0.3) is 0 Å². The summed E-state index contributed by atoms with van der Waals surface area (Å²) in [6.45, 7) is 1.78. The smallest absolute Gasteiger partial charge is 0.160 e. The largest absolute Gasteiger partial charge is 0.473 e. The predicted octanol–water partition coefficient (Wildman–Crippen LogP) is 1.56. The molecule has 0 amide bonds. The fourth-order valence-corrected chi connectivity index (χ4v) is 1.30. The van der Waals surface area contributed by atoms with E-state index in [2.05, 4.69) is 5.10 Å². The Bertz CT molecular complexity index is 422. The van der Waals surface area contributed by atoms with Crippen molar-refractivity contribution in [3.05, 3.63) is 42.7 Å². The van der Waals surface area contributed by atoms with Gasteiger partial charge in [-0.3, -0.25) is 5.73 Å². The van der Waals surface area contributed by atoms with E-state index in [1.165, 1.54) is 0 Å². The molecular weight excluding hydrogens is 190 g/mol. The summed E-state index contributed by atoms with van der Waals surface area (Å²) >= 11 is 0. The summed E-state index contributed by atoms with van der Waals surface area (Å²) in [5.74, 6) is 0.675. The lowest BCUT2D eigenvalue weighted by molar-refractivity contribution is 0.230. The Morgan fingerprint density at radius 3 is 2.73 bits per heavy atom. The topological polar surface area (TPSA) is 53.1 Å². The molecule has 0 aliphatic heterocycles. The summed E-state index contributed by atoms with van der Waals surface area (Å²) in [5.41, 5.74) is 6.51. The Hall–Kier alpha value is -1.81. The van der Waals surface area contributed by atoms with E-state index < -0.39 is 0 Å². The standard InChI is InChI=1S/C11H13N3O/c1-9(12)15-11-7-13-14(8-11)10-5-3-2-4-6-10/h2-9H,12H2,1H3. The van der Waals surface area contributed by atoms with E-state index in [1.807, 2.05) is 30.3 Å². The molecule has 1 unspecified atom stereocenters. The molecule has 15 heavy (non-hydrogen) atoms. The van der Waals surface area contributed by atoms with Crippen molar-refractivity contribution in [2.45, 2.75) is 13.2 Å². The van der Waals surface area contributed by atoms with E-state index >= 15 is 0 Å². The Labute approximate surface area is 88.3 Å². The number of nitrogens with zero attached hydrogens (tertiary/aromatic N) is 2. The molecule has 0 aliphatic carbocycles. The maximum absolute atomic E-state index is 5.51. The second kappa shape index (κ2) is 4.14. The van der Waals surface area contributed by atoms with Crippen LogP contribution in [0.3, 0.4) is 0 Å². The van der Waals surface area contributed by atoms with Crippen molar-refractivity contribution in [3.63, 3.8) is 0 Å². The van der Waals surface area contributed by atoms with Crippen LogP contribution < -0.4 is 10.5 Å². The third kappa shape index (κ3) is 2.35. The summed E-state index contributed by atoms with van der Waals surface area (Å²) < 4.78 is 7.06. The summed E-state index contributed by atoms with van der Waals surface area (Å²) in [6, 6.07) is 9.84. The van der Waals surface area contributed by atoms with Gasteiger partial charge in [0.2, 0.25) is 0 Å². The summed E-state index contributed by atoms with van der Waals surface area (Å²) in [7, 11) is 0. The van der Waals surface area contributed by atoms with E-state index in [0.717, 1.165) is 5.69 Å². The number of rotatable bonds is 3. The van der Waals surface area contributed by atoms with Crippen molar-refractivity contribution in [3.8, 4) is 11.4 Å². The Kier molecular flexibility index (Phi) is 2.69. The molecule has 4 heteroatoms. The molecule has 0 spiro atoms. The van der Waals surface area contributed by atoms with Crippen LogP contribution in [0.4, 0.5) is 0 Å². The predicted molar refractivity (Wildman–Crippen MR) is 57.8 cm³/mol. The van der Waals surface area contributed by atoms with Crippen LogP contribution in [-0.4, -0.2) is 16.0 Å². The minimum absolute atomic E-state index is 0.321. The molecule has 1 aromatic carbocycles. The average molecular weight is 203 g/mol. The normalized spacial score (nSPS) is 12.4. The Morgan fingerprint density at radius 1 is 1.33 bits per heavy atom. The number of para-hydroxylation sites is 1. The third-order valence-corrected chi connectivity index (χ3v) is 1.90. The van der Waals surface area contributed by atoms with Gasteiger partial charge < -0.3 is 4.74 Å². The molecule has 78 valence electrons. The Morgan fingerprint density at radius 2 is 2.07 bits per heavy atom. The molecule has 2 aromatic rings. The maximum atomic E-state index is 5.51. The van der Waals surface area contributed by atoms with Gasteiger partial charge in [-0.25, -0.2) is 4.68 Å². The molecule has 0 fully saturated rings. The molecule has 2 N–H and O–H groups in total. The van der Waals surface area contributed by atoms with Crippen LogP contribution in [0.5, 0.6) is 5.75 Å². The minimum atomic E-state index is -0.321. The number of nitrogens with two attached hydrogens (primary N) is 1. The van der Waals surface area contributed by atoms with Gasteiger partial charge in [-0.15, -0.1) is 0 Å². The average Bonchev–Trinajstić information content (AvgIpc) is 2.67. The fourth-order valence-electron chi connectivity index (χ4n) is 1.30. The van der Waals surface area contributed by atoms with E-state index in [4.69, 9.17) is 10.5 Å². The molecule has 2 rings (SSSR count). The highest BCUT2D eigenvalue weighted by atomic mass is 16.5. The van der Waals surface area contributed by atoms with Crippen molar-refractivity contribution in [1.82, 2.24) is 9.78 Å². The maximum Gasteiger partial charge on any atom is 0.160 e. The highest BCUT2D eigenvalue weighted by Gasteiger charge is 2.02. The number of hydrogen-bond acceptors (Lipinski definition) is 3. The second-order valence-electron chi connectivity index (χ2n) is 3.28. The van der Waals surface area contributed by atoms with Gasteiger partial charge in [0.15, 0.2) is 5.75 Å². The van der Waals surface area contributed by atoms with Crippen LogP contribution in [0.25, 0.3) is 5.69 Å². The van der Waals surface area contributed by atoms with Crippen molar-refractivity contribution in [2.24, 2.45) is 5.73 Å². The van der Waals surface area contributed by atoms with Gasteiger partial charge >= 0.3 is 0 Å².